The predicted molar refractivity (Wildman–Crippen MR) is 124 cm³/mol. The van der Waals surface area contributed by atoms with Crippen molar-refractivity contribution < 1.29 is 9.90 Å². The summed E-state index contributed by atoms with van der Waals surface area (Å²) in [6, 6.07) is 0. The van der Waals surface area contributed by atoms with E-state index in [-0.39, 0.29) is 0 Å². The van der Waals surface area contributed by atoms with Crippen LogP contribution >= 0.6 is 0 Å². The number of hydrogen-bond donors (Lipinski definition) is 1. The molecular weight excluding hydrogens is 344 g/mol. The summed E-state index contributed by atoms with van der Waals surface area (Å²) in [6.07, 6.45) is 23.5. The minimum Gasteiger partial charge on any atom is -0.481 e. The van der Waals surface area contributed by atoms with Crippen LogP contribution in [0.1, 0.15) is 143 Å². The molecule has 0 aliphatic rings. The lowest BCUT2D eigenvalue weighted by Gasteiger charge is -2.13. The van der Waals surface area contributed by atoms with E-state index in [0.29, 0.717) is 12.3 Å². The zero-order valence-corrected chi connectivity index (χ0v) is 19.8. The van der Waals surface area contributed by atoms with Crippen LogP contribution in [0.4, 0.5) is 0 Å². The van der Waals surface area contributed by atoms with E-state index in [9.17, 15) is 4.79 Å². The van der Waals surface area contributed by atoms with Crippen molar-refractivity contribution in [1.82, 2.24) is 0 Å². The van der Waals surface area contributed by atoms with Gasteiger partial charge in [0.15, 0.2) is 0 Å². The van der Waals surface area contributed by atoms with Crippen LogP contribution in [0.5, 0.6) is 0 Å². The maximum Gasteiger partial charge on any atom is 0.303 e. The molecule has 0 fully saturated rings. The van der Waals surface area contributed by atoms with Crippen molar-refractivity contribution in [2.45, 2.75) is 143 Å². The quantitative estimate of drug-likeness (QED) is 0.196. The highest BCUT2D eigenvalue weighted by Crippen LogP contribution is 2.21. The summed E-state index contributed by atoms with van der Waals surface area (Å²) < 4.78 is 0. The van der Waals surface area contributed by atoms with Crippen LogP contribution in [0, 0.1) is 17.8 Å². The van der Waals surface area contributed by atoms with Crippen LogP contribution in [0.15, 0.2) is 0 Å². The lowest BCUT2D eigenvalue weighted by Crippen LogP contribution is -2.03. The molecule has 0 rings (SSSR count). The van der Waals surface area contributed by atoms with Crippen LogP contribution in [0.25, 0.3) is 0 Å². The van der Waals surface area contributed by atoms with Crippen LogP contribution in [-0.2, 0) is 4.79 Å². The van der Waals surface area contributed by atoms with Crippen molar-refractivity contribution in [3.8, 4) is 0 Å². The number of hydrogen-bond acceptors (Lipinski definition) is 1. The van der Waals surface area contributed by atoms with Gasteiger partial charge in [-0.15, -0.1) is 0 Å². The Morgan fingerprint density at radius 3 is 1.29 bits per heavy atom. The average molecular weight is 397 g/mol. The van der Waals surface area contributed by atoms with E-state index >= 15 is 0 Å². The van der Waals surface area contributed by atoms with Crippen LogP contribution in [0.3, 0.4) is 0 Å². The molecule has 0 bridgehead atoms. The van der Waals surface area contributed by atoms with Gasteiger partial charge in [0.05, 0.1) is 0 Å². The Kier molecular flexibility index (Phi) is 19.4. The first-order chi connectivity index (χ1) is 13.5. The van der Waals surface area contributed by atoms with Crippen molar-refractivity contribution in [3.05, 3.63) is 0 Å². The van der Waals surface area contributed by atoms with Gasteiger partial charge in [0.1, 0.15) is 0 Å². The molecule has 0 saturated heterocycles. The summed E-state index contributed by atoms with van der Waals surface area (Å²) in [5.74, 6) is 1.53. The number of rotatable bonds is 21. The average Bonchev–Trinajstić information content (AvgIpc) is 2.64. The van der Waals surface area contributed by atoms with Crippen molar-refractivity contribution in [2.75, 3.05) is 0 Å². The Hall–Kier alpha value is -0.530. The van der Waals surface area contributed by atoms with Gasteiger partial charge in [-0.25, -0.2) is 0 Å². The summed E-state index contributed by atoms with van der Waals surface area (Å²) in [7, 11) is 0. The molecule has 0 aromatic heterocycles. The van der Waals surface area contributed by atoms with Gasteiger partial charge >= 0.3 is 5.97 Å². The molecule has 2 nitrogen and oxygen atoms in total. The fraction of sp³-hybridized carbons (Fsp3) is 0.962. The molecule has 168 valence electrons. The van der Waals surface area contributed by atoms with Gasteiger partial charge in [0.25, 0.3) is 0 Å². The third kappa shape index (κ3) is 20.2. The maximum atomic E-state index is 10.6. The third-order valence-electron chi connectivity index (χ3n) is 6.36. The highest BCUT2D eigenvalue weighted by Gasteiger charge is 2.07. The lowest BCUT2D eigenvalue weighted by molar-refractivity contribution is -0.138. The van der Waals surface area contributed by atoms with E-state index in [1.54, 1.807) is 0 Å². The summed E-state index contributed by atoms with van der Waals surface area (Å²) in [6.45, 7) is 9.23. The molecule has 0 aromatic rings. The van der Waals surface area contributed by atoms with Gasteiger partial charge in [-0.1, -0.05) is 137 Å². The molecule has 0 radical (unpaired) electrons. The van der Waals surface area contributed by atoms with E-state index < -0.39 is 5.97 Å². The predicted octanol–water partition coefficient (Wildman–Crippen LogP) is 9.02. The molecular formula is C26H52O2. The van der Waals surface area contributed by atoms with Crippen molar-refractivity contribution in [3.63, 3.8) is 0 Å². The molecule has 3 unspecified atom stereocenters. The van der Waals surface area contributed by atoms with E-state index in [1.165, 1.54) is 103 Å². The van der Waals surface area contributed by atoms with Gasteiger partial charge in [0, 0.05) is 6.42 Å². The molecule has 28 heavy (non-hydrogen) atoms. The van der Waals surface area contributed by atoms with Gasteiger partial charge in [0.2, 0.25) is 0 Å². The summed E-state index contributed by atoms with van der Waals surface area (Å²) in [5.41, 5.74) is 0. The molecule has 0 amide bonds. The first-order valence-electron chi connectivity index (χ1n) is 12.7. The van der Waals surface area contributed by atoms with E-state index in [4.69, 9.17) is 5.11 Å². The third-order valence-corrected chi connectivity index (χ3v) is 6.36. The first kappa shape index (κ1) is 27.5. The number of carboxylic acid groups (broad SMARTS) is 1. The van der Waals surface area contributed by atoms with E-state index in [1.807, 2.05) is 0 Å². The molecule has 2 heteroatoms. The Labute approximate surface area is 177 Å². The van der Waals surface area contributed by atoms with Crippen molar-refractivity contribution >= 4 is 5.97 Å². The normalized spacial score (nSPS) is 14.7. The fourth-order valence-electron chi connectivity index (χ4n) is 4.27. The molecule has 0 heterocycles. The second kappa shape index (κ2) is 19.8. The second-order valence-corrected chi connectivity index (χ2v) is 9.75. The molecule has 0 spiro atoms. The number of unbranched alkanes of at least 4 members (excludes halogenated alkanes) is 9. The minimum atomic E-state index is -0.654. The Balaban J connectivity index is 3.31. The molecule has 0 saturated carbocycles. The Morgan fingerprint density at radius 1 is 0.571 bits per heavy atom. The molecule has 3 atom stereocenters. The topological polar surface area (TPSA) is 37.3 Å². The summed E-state index contributed by atoms with van der Waals surface area (Å²) in [5, 5.41) is 8.76. The minimum absolute atomic E-state index is 0.330. The van der Waals surface area contributed by atoms with E-state index in [2.05, 4.69) is 27.7 Å². The molecule has 0 aliphatic heterocycles. The number of carbonyl (C=O) groups is 1. The largest absolute Gasteiger partial charge is 0.481 e. The van der Waals surface area contributed by atoms with Gasteiger partial charge < -0.3 is 5.11 Å². The van der Waals surface area contributed by atoms with Gasteiger partial charge in [-0.2, -0.15) is 0 Å². The van der Waals surface area contributed by atoms with Crippen LogP contribution in [0.2, 0.25) is 0 Å². The number of aliphatic carboxylic acids is 1. The smallest absolute Gasteiger partial charge is 0.303 e. The van der Waals surface area contributed by atoms with Crippen LogP contribution < -0.4 is 0 Å². The Bertz CT molecular complexity index is 339. The monoisotopic (exact) mass is 396 g/mol. The van der Waals surface area contributed by atoms with Gasteiger partial charge in [-0.3, -0.25) is 4.79 Å². The van der Waals surface area contributed by atoms with Crippen LogP contribution in [-0.4, -0.2) is 11.1 Å². The maximum absolute atomic E-state index is 10.6. The molecule has 1 N–H and O–H groups in total. The van der Waals surface area contributed by atoms with Crippen molar-refractivity contribution in [1.29, 1.82) is 0 Å². The fourth-order valence-corrected chi connectivity index (χ4v) is 4.27. The van der Waals surface area contributed by atoms with Crippen molar-refractivity contribution in [2.24, 2.45) is 17.8 Å². The summed E-state index contributed by atoms with van der Waals surface area (Å²) >= 11 is 0. The standard InChI is InChI=1S/C26H52O2/c1-5-6-17-23(2)19-15-12-16-20-24(3)18-13-10-8-7-9-11-14-21-25(4)22-26(27)28/h23-25H,5-22H2,1-4H3,(H,27,28). The number of carboxylic acids is 1. The highest BCUT2D eigenvalue weighted by atomic mass is 16.4. The first-order valence-corrected chi connectivity index (χ1v) is 12.7. The van der Waals surface area contributed by atoms with Gasteiger partial charge in [-0.05, 0) is 17.8 Å². The summed E-state index contributed by atoms with van der Waals surface area (Å²) in [4.78, 5) is 10.6. The molecule has 0 aliphatic carbocycles. The zero-order valence-electron chi connectivity index (χ0n) is 19.8. The lowest BCUT2D eigenvalue weighted by atomic mass is 9.94. The van der Waals surface area contributed by atoms with E-state index in [0.717, 1.165) is 18.3 Å². The Morgan fingerprint density at radius 2 is 0.893 bits per heavy atom. The highest BCUT2D eigenvalue weighted by molar-refractivity contribution is 5.66. The second-order valence-electron chi connectivity index (χ2n) is 9.75. The zero-order chi connectivity index (χ0) is 21.0. The molecule has 0 aromatic carbocycles. The SMILES string of the molecule is CCCCC(C)CCCCCC(C)CCCCCCCCCC(C)CC(=O)O.